The highest BCUT2D eigenvalue weighted by atomic mass is 32.2. The molecule has 1 aromatic carbocycles. The van der Waals surface area contributed by atoms with Crippen LogP contribution in [0, 0.1) is 5.92 Å². The zero-order valence-electron chi connectivity index (χ0n) is 18.8. The minimum absolute atomic E-state index is 0.0594. The summed E-state index contributed by atoms with van der Waals surface area (Å²) >= 11 is 0. The number of halogens is 3. The molecule has 0 radical (unpaired) electrons. The fraction of sp³-hybridized carbons (Fsp3) is 0.435. The molecule has 0 aliphatic carbocycles. The lowest BCUT2D eigenvalue weighted by atomic mass is 10.0. The van der Waals surface area contributed by atoms with E-state index in [1.165, 1.54) is 16.2 Å². The van der Waals surface area contributed by atoms with E-state index >= 15 is 0 Å². The maximum absolute atomic E-state index is 13.4. The van der Waals surface area contributed by atoms with Crippen molar-refractivity contribution in [1.82, 2.24) is 13.9 Å². The van der Waals surface area contributed by atoms with Gasteiger partial charge in [-0.25, -0.2) is 17.4 Å². The summed E-state index contributed by atoms with van der Waals surface area (Å²) in [4.78, 5) is 8.91. The Hall–Kier alpha value is -2.59. The molecule has 0 N–H and O–H groups in total. The van der Waals surface area contributed by atoms with Crippen molar-refractivity contribution in [3.63, 3.8) is 0 Å². The normalized spacial score (nSPS) is 16.2. The van der Waals surface area contributed by atoms with Crippen molar-refractivity contribution < 1.29 is 21.6 Å². The standard InChI is InChI=1S/C23H27F3N4O2S/c1-16(2)15-33(31,32)30-8-7-19-20(17-5-4-6-18(13-17)23(24,25)26)14-21(27-22(19)30)29-11-9-28(3)10-12-29/h4-8,13-14,16H,9-12,15H2,1-3H3. The number of hydrogen-bond acceptors (Lipinski definition) is 5. The van der Waals surface area contributed by atoms with E-state index in [-0.39, 0.29) is 17.3 Å². The van der Waals surface area contributed by atoms with Crippen LogP contribution in [0.1, 0.15) is 19.4 Å². The van der Waals surface area contributed by atoms with Crippen LogP contribution in [0.15, 0.2) is 42.6 Å². The van der Waals surface area contributed by atoms with Crippen LogP contribution in [0.4, 0.5) is 19.0 Å². The highest BCUT2D eigenvalue weighted by Crippen LogP contribution is 2.36. The molecule has 6 nitrogen and oxygen atoms in total. The largest absolute Gasteiger partial charge is 0.416 e. The summed E-state index contributed by atoms with van der Waals surface area (Å²) in [6.07, 6.45) is -3.03. The van der Waals surface area contributed by atoms with Crippen LogP contribution in [0.25, 0.3) is 22.2 Å². The lowest BCUT2D eigenvalue weighted by Crippen LogP contribution is -2.44. The molecule has 3 heterocycles. The molecule has 178 valence electrons. The van der Waals surface area contributed by atoms with Gasteiger partial charge >= 0.3 is 6.18 Å². The quantitative estimate of drug-likeness (QED) is 0.545. The number of aromatic nitrogens is 2. The topological polar surface area (TPSA) is 58.4 Å². The van der Waals surface area contributed by atoms with Gasteiger partial charge in [0.1, 0.15) is 5.82 Å². The van der Waals surface area contributed by atoms with Gasteiger partial charge in [0.25, 0.3) is 0 Å². The second kappa shape index (κ2) is 8.64. The third kappa shape index (κ3) is 4.86. The van der Waals surface area contributed by atoms with Crippen molar-refractivity contribution in [3.05, 3.63) is 48.2 Å². The van der Waals surface area contributed by atoms with Gasteiger partial charge in [-0.2, -0.15) is 13.2 Å². The Balaban J connectivity index is 1.92. The minimum atomic E-state index is -4.48. The Kier molecular flexibility index (Phi) is 6.17. The van der Waals surface area contributed by atoms with Gasteiger partial charge in [0.05, 0.1) is 11.3 Å². The maximum Gasteiger partial charge on any atom is 0.416 e. The molecule has 0 saturated carbocycles. The summed E-state index contributed by atoms with van der Waals surface area (Å²) in [7, 11) is -1.66. The van der Waals surface area contributed by atoms with E-state index in [4.69, 9.17) is 0 Å². The predicted molar refractivity (Wildman–Crippen MR) is 124 cm³/mol. The Morgan fingerprint density at radius 2 is 1.76 bits per heavy atom. The molecule has 0 unspecified atom stereocenters. The van der Waals surface area contributed by atoms with Crippen molar-refractivity contribution in [1.29, 1.82) is 0 Å². The summed E-state index contributed by atoms with van der Waals surface area (Å²) in [6, 6.07) is 8.49. The van der Waals surface area contributed by atoms with E-state index in [9.17, 15) is 21.6 Å². The summed E-state index contributed by atoms with van der Waals surface area (Å²) < 4.78 is 67.4. The van der Waals surface area contributed by atoms with E-state index in [0.29, 0.717) is 35.4 Å². The van der Waals surface area contributed by atoms with E-state index in [0.717, 1.165) is 25.2 Å². The molecule has 33 heavy (non-hydrogen) atoms. The number of piperazine rings is 1. The number of fused-ring (bicyclic) bond motifs is 1. The minimum Gasteiger partial charge on any atom is -0.354 e. The van der Waals surface area contributed by atoms with Gasteiger partial charge in [-0.15, -0.1) is 0 Å². The van der Waals surface area contributed by atoms with Gasteiger partial charge in [0, 0.05) is 37.8 Å². The van der Waals surface area contributed by atoms with Gasteiger partial charge in [-0.05, 0) is 48.4 Å². The lowest BCUT2D eigenvalue weighted by molar-refractivity contribution is -0.137. The van der Waals surface area contributed by atoms with Crippen LogP contribution in [-0.4, -0.2) is 61.3 Å². The van der Waals surface area contributed by atoms with E-state index < -0.39 is 21.8 Å². The Morgan fingerprint density at radius 3 is 2.39 bits per heavy atom. The molecular formula is C23H27F3N4O2S. The van der Waals surface area contributed by atoms with Gasteiger partial charge in [-0.3, -0.25) is 0 Å². The molecule has 0 spiro atoms. The summed E-state index contributed by atoms with van der Waals surface area (Å²) in [5.74, 6) is 0.412. The predicted octanol–water partition coefficient (Wildman–Crippen LogP) is 4.31. The Bertz CT molecular complexity index is 1260. The van der Waals surface area contributed by atoms with Crippen molar-refractivity contribution >= 4 is 26.9 Å². The van der Waals surface area contributed by atoms with Crippen LogP contribution in [-0.2, 0) is 16.2 Å². The van der Waals surface area contributed by atoms with Crippen molar-refractivity contribution in [2.24, 2.45) is 5.92 Å². The number of pyridine rings is 1. The third-order valence-corrected chi connectivity index (χ3v) is 7.76. The van der Waals surface area contributed by atoms with Gasteiger partial charge in [-0.1, -0.05) is 26.0 Å². The average Bonchev–Trinajstić information content (AvgIpc) is 3.17. The Morgan fingerprint density at radius 1 is 1.06 bits per heavy atom. The molecule has 2 aromatic heterocycles. The molecule has 1 aliphatic heterocycles. The molecule has 4 rings (SSSR count). The number of rotatable bonds is 5. The first kappa shape index (κ1) is 23.6. The van der Waals surface area contributed by atoms with E-state index in [2.05, 4.69) is 9.88 Å². The highest BCUT2D eigenvalue weighted by molar-refractivity contribution is 7.90. The molecule has 10 heteroatoms. The molecule has 1 fully saturated rings. The fourth-order valence-electron chi connectivity index (χ4n) is 4.10. The summed E-state index contributed by atoms with van der Waals surface area (Å²) in [5.41, 5.74) is 0.377. The fourth-order valence-corrected chi connectivity index (χ4v) is 5.75. The van der Waals surface area contributed by atoms with Crippen LogP contribution in [0.2, 0.25) is 0 Å². The SMILES string of the molecule is CC(C)CS(=O)(=O)n1ccc2c(-c3cccc(C(F)(F)F)c3)cc(N3CCN(C)CC3)nc21. The van der Waals surface area contributed by atoms with Crippen LogP contribution in [0.5, 0.6) is 0 Å². The van der Waals surface area contributed by atoms with Gasteiger partial charge < -0.3 is 9.80 Å². The monoisotopic (exact) mass is 480 g/mol. The average molecular weight is 481 g/mol. The second-order valence-electron chi connectivity index (χ2n) is 8.92. The highest BCUT2D eigenvalue weighted by Gasteiger charge is 2.31. The molecule has 3 aromatic rings. The van der Waals surface area contributed by atoms with E-state index in [1.807, 2.05) is 25.8 Å². The molecule has 1 aliphatic rings. The number of anilines is 1. The van der Waals surface area contributed by atoms with Crippen LogP contribution < -0.4 is 4.90 Å². The third-order valence-electron chi connectivity index (χ3n) is 5.78. The number of likely N-dealkylation sites (N-methyl/N-ethyl adjacent to an activating group) is 1. The van der Waals surface area contributed by atoms with Crippen molar-refractivity contribution in [2.45, 2.75) is 20.0 Å². The zero-order valence-corrected chi connectivity index (χ0v) is 19.6. The van der Waals surface area contributed by atoms with Gasteiger partial charge in [0.15, 0.2) is 5.65 Å². The molecule has 0 amide bonds. The summed E-state index contributed by atoms with van der Waals surface area (Å²) in [6.45, 7) is 6.64. The first-order valence-corrected chi connectivity index (χ1v) is 12.4. The first-order chi connectivity index (χ1) is 15.5. The van der Waals surface area contributed by atoms with Crippen LogP contribution >= 0.6 is 0 Å². The number of benzene rings is 1. The summed E-state index contributed by atoms with van der Waals surface area (Å²) in [5, 5.41) is 0.500. The van der Waals surface area contributed by atoms with Gasteiger partial charge in [0.2, 0.25) is 10.0 Å². The lowest BCUT2D eigenvalue weighted by Gasteiger charge is -2.33. The molecule has 0 atom stereocenters. The van der Waals surface area contributed by atoms with E-state index in [1.54, 1.807) is 18.2 Å². The number of nitrogens with zero attached hydrogens (tertiary/aromatic N) is 4. The smallest absolute Gasteiger partial charge is 0.354 e. The second-order valence-corrected chi connectivity index (χ2v) is 10.8. The van der Waals surface area contributed by atoms with Crippen LogP contribution in [0.3, 0.4) is 0 Å². The molecular weight excluding hydrogens is 453 g/mol. The van der Waals surface area contributed by atoms with Crippen molar-refractivity contribution in [2.75, 3.05) is 43.9 Å². The zero-order chi connectivity index (χ0) is 24.0. The number of alkyl halides is 3. The van der Waals surface area contributed by atoms with Crippen molar-refractivity contribution in [3.8, 4) is 11.1 Å². The molecule has 1 saturated heterocycles. The Labute approximate surface area is 191 Å². The number of hydrogen-bond donors (Lipinski definition) is 0. The first-order valence-electron chi connectivity index (χ1n) is 10.8. The maximum atomic E-state index is 13.4. The molecule has 0 bridgehead atoms.